The second kappa shape index (κ2) is 7.47. The van der Waals surface area contributed by atoms with Crippen molar-refractivity contribution in [2.24, 2.45) is 0 Å². The third-order valence-electron chi connectivity index (χ3n) is 3.44. The normalized spacial score (nSPS) is 11.9. The first-order valence-electron chi connectivity index (χ1n) is 7.46. The SMILES string of the molecule is O=C(N[C@@H](CO)Cc1ccccc1)c1nc(-c2ccncc2)no1. The van der Waals surface area contributed by atoms with Crippen LogP contribution in [0.4, 0.5) is 0 Å². The molecule has 0 unspecified atom stereocenters. The quantitative estimate of drug-likeness (QED) is 0.712. The van der Waals surface area contributed by atoms with Crippen LogP contribution in [-0.2, 0) is 6.42 Å². The topological polar surface area (TPSA) is 101 Å². The summed E-state index contributed by atoms with van der Waals surface area (Å²) < 4.78 is 5.00. The van der Waals surface area contributed by atoms with Gasteiger partial charge in [0.25, 0.3) is 0 Å². The number of pyridine rings is 1. The summed E-state index contributed by atoms with van der Waals surface area (Å²) in [7, 11) is 0. The molecule has 0 saturated carbocycles. The van der Waals surface area contributed by atoms with Gasteiger partial charge in [0.2, 0.25) is 5.82 Å². The molecule has 0 saturated heterocycles. The highest BCUT2D eigenvalue weighted by atomic mass is 16.5. The van der Waals surface area contributed by atoms with E-state index < -0.39 is 11.9 Å². The molecular formula is C17H16N4O3. The standard InChI is InChI=1S/C17H16N4O3/c22-11-14(10-12-4-2-1-3-5-12)19-16(23)17-20-15(21-24-17)13-6-8-18-9-7-13/h1-9,14,22H,10-11H2,(H,19,23)/t14-/m1/s1. The second-order valence-corrected chi connectivity index (χ2v) is 5.20. The summed E-state index contributed by atoms with van der Waals surface area (Å²) in [5, 5.41) is 16.0. The number of nitrogens with zero attached hydrogens (tertiary/aromatic N) is 3. The van der Waals surface area contributed by atoms with Crippen molar-refractivity contribution in [3.63, 3.8) is 0 Å². The van der Waals surface area contributed by atoms with E-state index in [0.29, 0.717) is 17.8 Å². The van der Waals surface area contributed by atoms with Crippen molar-refractivity contribution in [1.29, 1.82) is 0 Å². The fraction of sp³-hybridized carbons (Fsp3) is 0.176. The summed E-state index contributed by atoms with van der Waals surface area (Å²) in [5.74, 6) is -0.350. The average molecular weight is 324 g/mol. The highest BCUT2D eigenvalue weighted by Crippen LogP contribution is 2.14. The van der Waals surface area contributed by atoms with E-state index in [0.717, 1.165) is 5.56 Å². The summed E-state index contributed by atoms with van der Waals surface area (Å²) in [6.45, 7) is -0.189. The van der Waals surface area contributed by atoms with E-state index in [9.17, 15) is 9.90 Å². The fourth-order valence-corrected chi connectivity index (χ4v) is 2.24. The maximum absolute atomic E-state index is 12.2. The molecule has 24 heavy (non-hydrogen) atoms. The van der Waals surface area contributed by atoms with Crippen LogP contribution in [0.25, 0.3) is 11.4 Å². The van der Waals surface area contributed by atoms with Gasteiger partial charge in [-0.1, -0.05) is 35.5 Å². The second-order valence-electron chi connectivity index (χ2n) is 5.20. The number of aromatic nitrogens is 3. The Morgan fingerprint density at radius 3 is 2.62 bits per heavy atom. The van der Waals surface area contributed by atoms with Gasteiger partial charge in [-0.05, 0) is 24.1 Å². The maximum Gasteiger partial charge on any atom is 0.316 e. The number of benzene rings is 1. The zero-order valence-corrected chi connectivity index (χ0v) is 12.8. The molecule has 122 valence electrons. The van der Waals surface area contributed by atoms with Crippen LogP contribution in [0.3, 0.4) is 0 Å². The van der Waals surface area contributed by atoms with E-state index in [1.54, 1.807) is 24.5 Å². The van der Waals surface area contributed by atoms with E-state index in [1.165, 1.54) is 0 Å². The number of amides is 1. The Kier molecular flexibility index (Phi) is 4.93. The van der Waals surface area contributed by atoms with E-state index in [-0.39, 0.29) is 12.5 Å². The highest BCUT2D eigenvalue weighted by molar-refractivity contribution is 5.90. The molecule has 0 bridgehead atoms. The monoisotopic (exact) mass is 324 g/mol. The number of hydrogen-bond acceptors (Lipinski definition) is 6. The van der Waals surface area contributed by atoms with Gasteiger partial charge in [-0.25, -0.2) is 0 Å². The molecule has 1 amide bonds. The van der Waals surface area contributed by atoms with Crippen LogP contribution in [0.15, 0.2) is 59.4 Å². The molecule has 2 aromatic heterocycles. The lowest BCUT2D eigenvalue weighted by atomic mass is 10.1. The molecule has 0 radical (unpaired) electrons. The van der Waals surface area contributed by atoms with E-state index >= 15 is 0 Å². The molecule has 2 heterocycles. The minimum Gasteiger partial charge on any atom is -0.394 e. The summed E-state index contributed by atoms with van der Waals surface area (Å²) in [5.41, 5.74) is 1.72. The van der Waals surface area contributed by atoms with Gasteiger partial charge in [0, 0.05) is 18.0 Å². The number of rotatable bonds is 6. The lowest BCUT2D eigenvalue weighted by Gasteiger charge is -2.14. The Hall–Kier alpha value is -3.06. The van der Waals surface area contributed by atoms with E-state index in [2.05, 4.69) is 20.4 Å². The Labute approximate surface area is 138 Å². The molecule has 7 heteroatoms. The van der Waals surface area contributed by atoms with Gasteiger partial charge in [0.05, 0.1) is 12.6 Å². The average Bonchev–Trinajstić information content (AvgIpc) is 3.13. The molecule has 1 atom stereocenters. The lowest BCUT2D eigenvalue weighted by Crippen LogP contribution is -2.39. The molecule has 3 rings (SSSR count). The van der Waals surface area contributed by atoms with Gasteiger partial charge in [0.1, 0.15) is 0 Å². The number of carbonyl (C=O) groups is 1. The van der Waals surface area contributed by atoms with Crippen molar-refractivity contribution in [3.05, 3.63) is 66.3 Å². The Bertz CT molecular complexity index is 790. The number of hydrogen-bond donors (Lipinski definition) is 2. The zero-order valence-electron chi connectivity index (χ0n) is 12.8. The Morgan fingerprint density at radius 2 is 1.92 bits per heavy atom. The van der Waals surface area contributed by atoms with Gasteiger partial charge in [-0.2, -0.15) is 4.98 Å². The number of nitrogens with one attached hydrogen (secondary N) is 1. The molecule has 0 aliphatic rings. The van der Waals surface area contributed by atoms with Crippen molar-refractivity contribution in [3.8, 4) is 11.4 Å². The summed E-state index contributed by atoms with van der Waals surface area (Å²) in [6.07, 6.45) is 3.72. The first-order valence-corrected chi connectivity index (χ1v) is 7.46. The van der Waals surface area contributed by atoms with Crippen LogP contribution in [0, 0.1) is 0 Å². The molecule has 3 aromatic rings. The van der Waals surface area contributed by atoms with E-state index in [4.69, 9.17) is 4.52 Å². The van der Waals surface area contributed by atoms with Crippen molar-refractivity contribution >= 4 is 5.91 Å². The highest BCUT2D eigenvalue weighted by Gasteiger charge is 2.19. The van der Waals surface area contributed by atoms with Crippen molar-refractivity contribution in [2.75, 3.05) is 6.61 Å². The maximum atomic E-state index is 12.2. The molecule has 7 nitrogen and oxygen atoms in total. The molecule has 0 fully saturated rings. The third kappa shape index (κ3) is 3.82. The van der Waals surface area contributed by atoms with Gasteiger partial charge in [0.15, 0.2) is 0 Å². The van der Waals surface area contributed by atoms with Crippen LogP contribution >= 0.6 is 0 Å². The van der Waals surface area contributed by atoms with E-state index in [1.807, 2.05) is 30.3 Å². The smallest absolute Gasteiger partial charge is 0.316 e. The number of carbonyl (C=O) groups excluding carboxylic acids is 1. The van der Waals surface area contributed by atoms with Gasteiger partial charge in [-0.3, -0.25) is 9.78 Å². The molecule has 0 aliphatic carbocycles. The molecule has 2 N–H and O–H groups in total. The third-order valence-corrected chi connectivity index (χ3v) is 3.44. The van der Waals surface area contributed by atoms with Gasteiger partial charge >= 0.3 is 11.8 Å². The van der Waals surface area contributed by atoms with Gasteiger partial charge < -0.3 is 14.9 Å². The van der Waals surface area contributed by atoms with Crippen LogP contribution in [0.5, 0.6) is 0 Å². The summed E-state index contributed by atoms with van der Waals surface area (Å²) in [6, 6.07) is 12.6. The largest absolute Gasteiger partial charge is 0.394 e. The predicted molar refractivity (Wildman–Crippen MR) is 86.0 cm³/mol. The Morgan fingerprint density at radius 1 is 1.17 bits per heavy atom. The van der Waals surface area contributed by atoms with Crippen LogP contribution in [-0.4, -0.2) is 38.8 Å². The van der Waals surface area contributed by atoms with Crippen molar-refractivity contribution < 1.29 is 14.4 Å². The van der Waals surface area contributed by atoms with Crippen molar-refractivity contribution in [1.82, 2.24) is 20.4 Å². The molecular weight excluding hydrogens is 308 g/mol. The summed E-state index contributed by atoms with van der Waals surface area (Å²) in [4.78, 5) is 20.2. The number of aliphatic hydroxyl groups is 1. The van der Waals surface area contributed by atoms with Crippen LogP contribution < -0.4 is 5.32 Å². The van der Waals surface area contributed by atoms with Crippen molar-refractivity contribution in [2.45, 2.75) is 12.5 Å². The first kappa shape index (κ1) is 15.8. The molecule has 0 aliphatic heterocycles. The van der Waals surface area contributed by atoms with Crippen LogP contribution in [0.1, 0.15) is 16.2 Å². The first-order chi connectivity index (χ1) is 11.8. The molecule has 1 aromatic carbocycles. The van der Waals surface area contributed by atoms with Gasteiger partial charge in [-0.15, -0.1) is 0 Å². The van der Waals surface area contributed by atoms with Crippen LogP contribution in [0.2, 0.25) is 0 Å². The fourth-order valence-electron chi connectivity index (χ4n) is 2.24. The predicted octanol–water partition coefficient (Wildman–Crippen LogP) is 1.46. The lowest BCUT2D eigenvalue weighted by molar-refractivity contribution is 0.0872. The minimum atomic E-state index is -0.516. The zero-order chi connectivity index (χ0) is 16.8. The Balaban J connectivity index is 1.67. The minimum absolute atomic E-state index is 0.145. The molecule has 0 spiro atoms. The summed E-state index contributed by atoms with van der Waals surface area (Å²) >= 11 is 0. The number of aliphatic hydroxyl groups excluding tert-OH is 1.